The van der Waals surface area contributed by atoms with Gasteiger partial charge in [0.2, 0.25) is 0 Å². The minimum absolute atomic E-state index is 0.0726. The van der Waals surface area contributed by atoms with Gasteiger partial charge in [0, 0.05) is 12.0 Å². The molecule has 0 spiro atoms. The van der Waals surface area contributed by atoms with Crippen LogP contribution in [-0.4, -0.2) is 30.3 Å². The number of esters is 1. The summed E-state index contributed by atoms with van der Waals surface area (Å²) in [6.45, 7) is 1.64. The summed E-state index contributed by atoms with van der Waals surface area (Å²) in [7, 11) is 0. The second-order valence-electron chi connectivity index (χ2n) is 7.02. The molecule has 1 aromatic heterocycles. The van der Waals surface area contributed by atoms with Gasteiger partial charge < -0.3 is 18.9 Å². The van der Waals surface area contributed by atoms with E-state index >= 15 is 0 Å². The summed E-state index contributed by atoms with van der Waals surface area (Å²) in [5, 5.41) is 2.56. The van der Waals surface area contributed by atoms with Crippen LogP contribution in [0.3, 0.4) is 0 Å². The smallest absolute Gasteiger partial charge is 0.338 e. The molecule has 1 aliphatic heterocycles. The SMILES string of the molecule is O=C(OCc1csc(COc2ccc(F)cc2)n1)c1ccc(OCC2CCCO2)cc1. The van der Waals surface area contributed by atoms with Crippen molar-refractivity contribution < 1.29 is 28.1 Å². The van der Waals surface area contributed by atoms with Gasteiger partial charge in [-0.25, -0.2) is 14.2 Å². The molecular weight excluding hydrogens is 421 g/mol. The fourth-order valence-corrected chi connectivity index (χ4v) is 3.72. The van der Waals surface area contributed by atoms with Crippen LogP contribution in [0.2, 0.25) is 0 Å². The molecule has 0 saturated carbocycles. The van der Waals surface area contributed by atoms with E-state index in [1.807, 2.05) is 5.38 Å². The topological polar surface area (TPSA) is 66.9 Å². The molecule has 4 rings (SSSR count). The molecule has 0 aliphatic carbocycles. The predicted octanol–water partition coefficient (Wildman–Crippen LogP) is 4.78. The number of benzene rings is 2. The molecule has 3 aromatic rings. The molecule has 1 atom stereocenters. The lowest BCUT2D eigenvalue weighted by molar-refractivity contribution is 0.0467. The van der Waals surface area contributed by atoms with Crippen LogP contribution in [0.25, 0.3) is 0 Å². The Morgan fingerprint density at radius 2 is 1.81 bits per heavy atom. The van der Waals surface area contributed by atoms with Crippen LogP contribution in [0.5, 0.6) is 11.5 Å². The Morgan fingerprint density at radius 1 is 1.06 bits per heavy atom. The monoisotopic (exact) mass is 443 g/mol. The largest absolute Gasteiger partial charge is 0.491 e. The van der Waals surface area contributed by atoms with Gasteiger partial charge >= 0.3 is 5.97 Å². The van der Waals surface area contributed by atoms with Crippen molar-refractivity contribution in [2.75, 3.05) is 13.2 Å². The molecule has 1 unspecified atom stereocenters. The number of carbonyl (C=O) groups excluding carboxylic acids is 1. The lowest BCUT2D eigenvalue weighted by Gasteiger charge is -2.11. The second kappa shape index (κ2) is 10.4. The molecule has 8 heteroatoms. The zero-order valence-corrected chi connectivity index (χ0v) is 17.6. The van der Waals surface area contributed by atoms with Crippen LogP contribution in [-0.2, 0) is 22.7 Å². The summed E-state index contributed by atoms with van der Waals surface area (Å²) in [6.07, 6.45) is 2.23. The Labute approximate surface area is 183 Å². The highest BCUT2D eigenvalue weighted by Crippen LogP contribution is 2.19. The zero-order valence-electron chi connectivity index (χ0n) is 16.8. The summed E-state index contributed by atoms with van der Waals surface area (Å²) in [5.74, 6) is 0.513. The highest BCUT2D eigenvalue weighted by atomic mass is 32.1. The van der Waals surface area contributed by atoms with Crippen LogP contribution in [0.4, 0.5) is 4.39 Å². The van der Waals surface area contributed by atoms with E-state index in [1.165, 1.54) is 23.5 Å². The fraction of sp³-hybridized carbons (Fsp3) is 0.304. The van der Waals surface area contributed by atoms with Gasteiger partial charge in [0.25, 0.3) is 0 Å². The van der Waals surface area contributed by atoms with Crippen molar-refractivity contribution in [1.29, 1.82) is 0 Å². The van der Waals surface area contributed by atoms with Crippen molar-refractivity contribution in [3.05, 3.63) is 76.0 Å². The van der Waals surface area contributed by atoms with Gasteiger partial charge in [-0.1, -0.05) is 0 Å². The summed E-state index contributed by atoms with van der Waals surface area (Å²) in [6, 6.07) is 12.6. The average Bonchev–Trinajstić information content (AvgIpc) is 3.48. The maximum absolute atomic E-state index is 12.9. The molecule has 1 fully saturated rings. The molecule has 2 aromatic carbocycles. The summed E-state index contributed by atoms with van der Waals surface area (Å²) >= 11 is 1.41. The van der Waals surface area contributed by atoms with Crippen LogP contribution in [0, 0.1) is 5.82 Å². The normalized spacial score (nSPS) is 15.6. The van der Waals surface area contributed by atoms with E-state index in [0.29, 0.717) is 29.4 Å². The number of thiazole rings is 1. The lowest BCUT2D eigenvalue weighted by Crippen LogP contribution is -2.16. The third-order valence-corrected chi connectivity index (χ3v) is 5.55. The van der Waals surface area contributed by atoms with Gasteiger partial charge in [-0.05, 0) is 61.4 Å². The van der Waals surface area contributed by atoms with Crippen molar-refractivity contribution in [2.45, 2.75) is 32.2 Å². The maximum atomic E-state index is 12.9. The van der Waals surface area contributed by atoms with Gasteiger partial charge in [0.1, 0.15) is 42.1 Å². The van der Waals surface area contributed by atoms with Gasteiger partial charge in [-0.3, -0.25) is 0 Å². The Bertz CT molecular complexity index is 984. The Hall–Kier alpha value is -2.97. The van der Waals surface area contributed by atoms with Crippen molar-refractivity contribution in [3.8, 4) is 11.5 Å². The number of aromatic nitrogens is 1. The van der Waals surface area contributed by atoms with Gasteiger partial charge in [0.05, 0.1) is 17.4 Å². The van der Waals surface area contributed by atoms with E-state index < -0.39 is 5.97 Å². The van der Waals surface area contributed by atoms with Crippen LogP contribution in [0.15, 0.2) is 53.9 Å². The minimum Gasteiger partial charge on any atom is -0.491 e. The first kappa shape index (κ1) is 21.3. The molecule has 0 radical (unpaired) electrons. The fourth-order valence-electron chi connectivity index (χ4n) is 3.03. The van der Waals surface area contributed by atoms with E-state index in [-0.39, 0.29) is 25.1 Å². The molecule has 2 heterocycles. The Kier molecular flexibility index (Phi) is 7.11. The summed E-state index contributed by atoms with van der Waals surface area (Å²) < 4.78 is 35.1. The second-order valence-corrected chi connectivity index (χ2v) is 7.96. The third-order valence-electron chi connectivity index (χ3n) is 4.68. The zero-order chi connectivity index (χ0) is 21.5. The van der Waals surface area contributed by atoms with Crippen molar-refractivity contribution in [1.82, 2.24) is 4.98 Å². The van der Waals surface area contributed by atoms with Crippen molar-refractivity contribution in [3.63, 3.8) is 0 Å². The van der Waals surface area contributed by atoms with Gasteiger partial charge in [-0.15, -0.1) is 11.3 Å². The highest BCUT2D eigenvalue weighted by Gasteiger charge is 2.16. The molecule has 0 N–H and O–H groups in total. The number of carbonyl (C=O) groups is 1. The third kappa shape index (κ3) is 6.26. The summed E-state index contributed by atoms with van der Waals surface area (Å²) in [5.41, 5.74) is 1.09. The first-order valence-corrected chi connectivity index (χ1v) is 10.9. The standard InChI is InChI=1S/C23H22FNO5S/c24-17-5-9-20(10-6-17)29-14-22-25-18(15-31-22)12-30-23(26)16-3-7-19(8-4-16)28-13-21-2-1-11-27-21/h3-10,15,21H,1-2,11-14H2. The molecule has 162 valence electrons. The number of rotatable bonds is 9. The number of ether oxygens (including phenoxy) is 4. The number of nitrogens with zero attached hydrogens (tertiary/aromatic N) is 1. The Morgan fingerprint density at radius 3 is 2.55 bits per heavy atom. The first-order chi connectivity index (χ1) is 15.2. The molecule has 0 bridgehead atoms. The van der Waals surface area contributed by atoms with E-state index in [4.69, 9.17) is 18.9 Å². The maximum Gasteiger partial charge on any atom is 0.338 e. The number of hydrogen-bond acceptors (Lipinski definition) is 7. The first-order valence-electron chi connectivity index (χ1n) is 9.99. The number of hydrogen-bond donors (Lipinski definition) is 0. The van der Waals surface area contributed by atoms with E-state index in [9.17, 15) is 9.18 Å². The molecular formula is C23H22FNO5S. The molecule has 31 heavy (non-hydrogen) atoms. The molecule has 0 amide bonds. The van der Waals surface area contributed by atoms with Gasteiger partial charge in [0.15, 0.2) is 0 Å². The predicted molar refractivity (Wildman–Crippen MR) is 113 cm³/mol. The summed E-state index contributed by atoms with van der Waals surface area (Å²) in [4.78, 5) is 16.7. The minimum atomic E-state index is -0.428. The van der Waals surface area contributed by atoms with Crippen molar-refractivity contribution >= 4 is 17.3 Å². The van der Waals surface area contributed by atoms with E-state index in [1.54, 1.807) is 36.4 Å². The lowest BCUT2D eigenvalue weighted by atomic mass is 10.2. The van der Waals surface area contributed by atoms with Crippen LogP contribution >= 0.6 is 11.3 Å². The van der Waals surface area contributed by atoms with E-state index in [0.717, 1.165) is 24.5 Å². The Balaban J connectivity index is 1.21. The average molecular weight is 443 g/mol. The molecule has 1 saturated heterocycles. The highest BCUT2D eigenvalue weighted by molar-refractivity contribution is 7.09. The molecule has 1 aliphatic rings. The van der Waals surface area contributed by atoms with Crippen LogP contribution < -0.4 is 9.47 Å². The van der Waals surface area contributed by atoms with E-state index in [2.05, 4.69) is 4.98 Å². The van der Waals surface area contributed by atoms with Crippen molar-refractivity contribution in [2.24, 2.45) is 0 Å². The molecule has 6 nitrogen and oxygen atoms in total. The van der Waals surface area contributed by atoms with Crippen LogP contribution in [0.1, 0.15) is 33.9 Å². The van der Waals surface area contributed by atoms with Gasteiger partial charge in [-0.2, -0.15) is 0 Å². The number of halogens is 1. The quantitative estimate of drug-likeness (QED) is 0.444.